The predicted octanol–water partition coefficient (Wildman–Crippen LogP) is 20.2. The second kappa shape index (κ2) is 15.8. The summed E-state index contributed by atoms with van der Waals surface area (Å²) in [6.45, 7) is 9.81. The molecule has 2 aliphatic rings. The number of fused-ring (bicyclic) bond motifs is 14. The lowest BCUT2D eigenvalue weighted by Gasteiger charge is -2.31. The molecule has 0 heterocycles. The van der Waals surface area contributed by atoms with Gasteiger partial charge in [-0.1, -0.05) is 210 Å². The molecule has 13 aromatic carbocycles. The van der Waals surface area contributed by atoms with Crippen LogP contribution in [-0.4, -0.2) is 0 Å². The van der Waals surface area contributed by atoms with Gasteiger partial charge >= 0.3 is 0 Å². The van der Waals surface area contributed by atoms with Crippen LogP contribution < -0.4 is 9.80 Å². The normalized spacial score (nSPS) is 13.9. The van der Waals surface area contributed by atoms with E-state index in [0.29, 0.717) is 0 Å². The highest BCUT2D eigenvalue weighted by atomic mass is 15.2. The van der Waals surface area contributed by atoms with Gasteiger partial charge in [0.05, 0.1) is 22.7 Å². The molecule has 15 rings (SSSR count). The van der Waals surface area contributed by atoms with Crippen molar-refractivity contribution in [1.82, 2.24) is 0 Å². The molecule has 2 aliphatic carbocycles. The fourth-order valence-corrected chi connectivity index (χ4v) is 13.2. The number of nitrogens with zero attached hydrogens (tertiary/aromatic N) is 2. The highest BCUT2D eigenvalue weighted by molar-refractivity contribution is 6.15. The summed E-state index contributed by atoms with van der Waals surface area (Å²) in [5, 5.41) is 14.8. The summed E-state index contributed by atoms with van der Waals surface area (Å²) in [6, 6.07) is 90.9. The van der Waals surface area contributed by atoms with Gasteiger partial charge in [0.2, 0.25) is 0 Å². The van der Waals surface area contributed by atoms with Crippen molar-refractivity contribution >= 4 is 98.8 Å². The Hall–Kier alpha value is -8.98. The van der Waals surface area contributed by atoms with E-state index < -0.39 is 0 Å². The van der Waals surface area contributed by atoms with Crippen LogP contribution in [0.1, 0.15) is 49.9 Å². The van der Waals surface area contributed by atoms with E-state index >= 15 is 0 Å². The number of hydrogen-bond acceptors (Lipinski definition) is 2. The van der Waals surface area contributed by atoms with Crippen molar-refractivity contribution in [1.29, 1.82) is 0 Å². The first-order valence-corrected chi connectivity index (χ1v) is 26.1. The number of benzene rings is 13. The van der Waals surface area contributed by atoms with E-state index in [4.69, 9.17) is 0 Å². The van der Waals surface area contributed by atoms with E-state index in [9.17, 15) is 0 Å². The van der Waals surface area contributed by atoms with E-state index in [-0.39, 0.29) is 10.8 Å². The molecule has 0 bridgehead atoms. The van der Waals surface area contributed by atoms with Gasteiger partial charge in [-0.2, -0.15) is 0 Å². The van der Waals surface area contributed by atoms with Crippen molar-refractivity contribution < 1.29 is 0 Å². The smallest absolute Gasteiger partial charge is 0.0543 e. The highest BCUT2D eigenvalue weighted by Crippen LogP contribution is 2.61. The third kappa shape index (κ3) is 6.12. The maximum absolute atomic E-state index is 2.59. The summed E-state index contributed by atoms with van der Waals surface area (Å²) >= 11 is 0. The van der Waals surface area contributed by atoms with Gasteiger partial charge in [-0.15, -0.1) is 0 Å². The maximum Gasteiger partial charge on any atom is 0.0543 e. The molecule has 350 valence electrons. The Morgan fingerprint density at radius 1 is 0.243 bits per heavy atom. The first-order chi connectivity index (χ1) is 36.2. The molecule has 0 saturated heterocycles. The molecule has 0 fully saturated rings. The number of anilines is 6. The summed E-state index contributed by atoms with van der Waals surface area (Å²) in [6.07, 6.45) is 0. The average molecular weight is 945 g/mol. The van der Waals surface area contributed by atoms with E-state index in [1.165, 1.54) is 132 Å². The van der Waals surface area contributed by atoms with Crippen LogP contribution >= 0.6 is 0 Å². The molecule has 0 aliphatic heterocycles. The lowest BCUT2D eigenvalue weighted by Crippen LogP contribution is -2.18. The Morgan fingerprint density at radius 3 is 1.00 bits per heavy atom. The zero-order chi connectivity index (χ0) is 49.5. The molecule has 2 nitrogen and oxygen atoms in total. The van der Waals surface area contributed by atoms with Crippen molar-refractivity contribution in [2.24, 2.45) is 0 Å². The molecule has 0 radical (unpaired) electrons. The Labute approximate surface area is 432 Å². The number of hydrogen-bond donors (Lipinski definition) is 0. The Bertz CT molecular complexity index is 4220. The van der Waals surface area contributed by atoms with E-state index in [2.05, 4.69) is 280 Å². The zero-order valence-electron chi connectivity index (χ0n) is 42.0. The van der Waals surface area contributed by atoms with Gasteiger partial charge in [-0.25, -0.2) is 0 Å². The van der Waals surface area contributed by atoms with Gasteiger partial charge in [0.1, 0.15) is 0 Å². The molecule has 2 heteroatoms. The molecule has 0 aromatic heterocycles. The first-order valence-electron chi connectivity index (χ1n) is 26.1. The minimum Gasteiger partial charge on any atom is -0.309 e. The monoisotopic (exact) mass is 944 g/mol. The fourth-order valence-electron chi connectivity index (χ4n) is 13.2. The average Bonchev–Trinajstić information content (AvgIpc) is 3.83. The Kier molecular flexibility index (Phi) is 9.09. The molecule has 0 N–H and O–H groups in total. The largest absolute Gasteiger partial charge is 0.309 e. The third-order valence-electron chi connectivity index (χ3n) is 16.9. The minimum absolute atomic E-state index is 0.309. The SMILES string of the molecule is CC1(C)c2cc3c(cc2-c2c1cc(N(c1ccc4ccccc4c1)c1cccc4ccccc14)c1ccccc21)C(C)(C)c1cc(N(c2ccc4ccccc4c2)c2cccc4ccccc24)c2ccccc2c1-3. The van der Waals surface area contributed by atoms with Crippen LogP contribution in [0.5, 0.6) is 0 Å². The molecule has 0 atom stereocenters. The van der Waals surface area contributed by atoms with Gasteiger partial charge in [0, 0.05) is 43.7 Å². The molecule has 0 unspecified atom stereocenters. The van der Waals surface area contributed by atoms with Gasteiger partial charge in [-0.05, 0) is 148 Å². The first kappa shape index (κ1) is 42.7. The van der Waals surface area contributed by atoms with Crippen LogP contribution in [0.4, 0.5) is 34.1 Å². The Morgan fingerprint density at radius 2 is 0.581 bits per heavy atom. The van der Waals surface area contributed by atoms with Gasteiger partial charge in [0.15, 0.2) is 0 Å². The molecular formula is C72H52N2. The van der Waals surface area contributed by atoms with E-state index in [1.807, 2.05) is 0 Å². The van der Waals surface area contributed by atoms with Crippen LogP contribution in [-0.2, 0) is 10.8 Å². The third-order valence-corrected chi connectivity index (χ3v) is 16.9. The summed E-state index contributed by atoms with van der Waals surface area (Å²) in [4.78, 5) is 5.05. The summed E-state index contributed by atoms with van der Waals surface area (Å²) in [5.41, 5.74) is 17.2. The van der Waals surface area contributed by atoms with Crippen molar-refractivity contribution in [2.75, 3.05) is 9.80 Å². The molecular weight excluding hydrogens is 893 g/mol. The lowest BCUT2D eigenvalue weighted by atomic mass is 9.79. The van der Waals surface area contributed by atoms with Gasteiger partial charge in [0.25, 0.3) is 0 Å². The van der Waals surface area contributed by atoms with Crippen LogP contribution in [0.3, 0.4) is 0 Å². The predicted molar refractivity (Wildman–Crippen MR) is 316 cm³/mol. The van der Waals surface area contributed by atoms with Crippen molar-refractivity contribution in [3.05, 3.63) is 265 Å². The number of rotatable bonds is 6. The van der Waals surface area contributed by atoms with E-state index in [1.54, 1.807) is 0 Å². The maximum atomic E-state index is 2.59. The molecule has 74 heavy (non-hydrogen) atoms. The van der Waals surface area contributed by atoms with Gasteiger partial charge in [-0.3, -0.25) is 0 Å². The molecule has 13 aromatic rings. The standard InChI is InChI=1S/C72H52N2/c1-71(2)61-41-60-62(42-59(61)69-57-31-15-13-29-55(57)67(43-63(69)71)73(51-37-35-45-19-5-7-23-49(45)39-51)65-33-17-25-47-21-9-11-27-53(47)65)72(3,4)64-44-68(56-30-14-16-32-58(56)70(60)64)74(52-38-36-46-20-6-8-24-50(46)40-52)66-34-18-26-48-22-10-12-28-54(48)66/h5-44H,1-4H3. The van der Waals surface area contributed by atoms with Crippen LogP contribution in [0.25, 0.3) is 86.9 Å². The van der Waals surface area contributed by atoms with Crippen molar-refractivity contribution in [3.8, 4) is 22.3 Å². The second-order valence-corrected chi connectivity index (χ2v) is 21.7. The lowest BCUT2D eigenvalue weighted by molar-refractivity contribution is 0.652. The van der Waals surface area contributed by atoms with Crippen LogP contribution in [0.2, 0.25) is 0 Å². The van der Waals surface area contributed by atoms with Crippen molar-refractivity contribution in [3.63, 3.8) is 0 Å². The van der Waals surface area contributed by atoms with Gasteiger partial charge < -0.3 is 9.80 Å². The molecule has 0 saturated carbocycles. The summed E-state index contributed by atoms with van der Waals surface area (Å²) < 4.78 is 0. The summed E-state index contributed by atoms with van der Waals surface area (Å²) in [5.74, 6) is 0. The molecule has 0 amide bonds. The topological polar surface area (TPSA) is 6.48 Å². The minimum atomic E-state index is -0.309. The highest BCUT2D eigenvalue weighted by Gasteiger charge is 2.44. The fraction of sp³-hybridized carbons (Fsp3) is 0.0833. The second-order valence-electron chi connectivity index (χ2n) is 21.7. The van der Waals surface area contributed by atoms with Crippen molar-refractivity contribution in [2.45, 2.75) is 38.5 Å². The summed E-state index contributed by atoms with van der Waals surface area (Å²) in [7, 11) is 0. The van der Waals surface area contributed by atoms with Crippen LogP contribution in [0, 0.1) is 0 Å². The Balaban J connectivity index is 0.950. The van der Waals surface area contributed by atoms with Crippen LogP contribution in [0.15, 0.2) is 243 Å². The zero-order valence-corrected chi connectivity index (χ0v) is 42.0. The molecule has 0 spiro atoms. The quantitative estimate of drug-likeness (QED) is 0.164. The van der Waals surface area contributed by atoms with E-state index in [0.717, 1.165) is 11.4 Å².